The molecule has 158 valence electrons. The summed E-state index contributed by atoms with van der Waals surface area (Å²) in [5.41, 5.74) is 2.36. The number of thioether (sulfide) groups is 1. The van der Waals surface area contributed by atoms with Crippen LogP contribution in [0, 0.1) is 5.92 Å². The highest BCUT2D eigenvalue weighted by molar-refractivity contribution is 7.98. The zero-order valence-electron chi connectivity index (χ0n) is 16.5. The van der Waals surface area contributed by atoms with Gasteiger partial charge in [-0.1, -0.05) is 47.3 Å². The van der Waals surface area contributed by atoms with Crippen molar-refractivity contribution in [3.05, 3.63) is 35.9 Å². The first-order valence-electron chi connectivity index (χ1n) is 10.1. The molecular weight excluding hydrogens is 404 g/mol. The monoisotopic (exact) mass is 428 g/mol. The summed E-state index contributed by atoms with van der Waals surface area (Å²) in [4.78, 5) is 9.17. The van der Waals surface area contributed by atoms with E-state index in [4.69, 9.17) is 0 Å². The van der Waals surface area contributed by atoms with Crippen LogP contribution in [0.15, 0.2) is 35.5 Å². The maximum Gasteiger partial charge on any atom is 0.191 e. The third-order valence-electron chi connectivity index (χ3n) is 6.15. The van der Waals surface area contributed by atoms with Gasteiger partial charge in [0.25, 0.3) is 0 Å². The highest BCUT2D eigenvalue weighted by atomic mass is 32.2. The number of nitrogens with one attached hydrogen (secondary N) is 1. The van der Waals surface area contributed by atoms with Crippen molar-refractivity contribution >= 4 is 28.7 Å². The van der Waals surface area contributed by atoms with Crippen LogP contribution in [-0.4, -0.2) is 71.4 Å². The zero-order valence-corrected chi connectivity index (χ0v) is 17.3. The largest absolute Gasteiger partial charge is 0.396 e. The molecule has 0 bridgehead atoms. The Morgan fingerprint density at radius 2 is 1.93 bits per heavy atom. The average Bonchev–Trinajstić information content (AvgIpc) is 3.32. The molecule has 0 aliphatic heterocycles. The highest BCUT2D eigenvalue weighted by Crippen LogP contribution is 2.43. The summed E-state index contributed by atoms with van der Waals surface area (Å²) >= 11 is 1.42. The summed E-state index contributed by atoms with van der Waals surface area (Å²) in [6, 6.07) is 10.1. The lowest BCUT2D eigenvalue weighted by molar-refractivity contribution is -0.00512. The van der Waals surface area contributed by atoms with Gasteiger partial charge in [-0.15, -0.1) is 5.10 Å². The second-order valence-electron chi connectivity index (χ2n) is 8.00. The number of fused-ring (bicyclic) bond motifs is 1. The third-order valence-corrected chi connectivity index (χ3v) is 6.69. The van der Waals surface area contributed by atoms with Crippen molar-refractivity contribution in [1.29, 1.82) is 0 Å². The van der Waals surface area contributed by atoms with E-state index >= 15 is 0 Å². The topological polar surface area (TPSA) is 129 Å². The van der Waals surface area contributed by atoms with Crippen LogP contribution >= 0.6 is 11.8 Å². The molecule has 2 heterocycles. The number of hydrogen-bond acceptors (Lipinski definition) is 9. The number of anilines is 1. The van der Waals surface area contributed by atoms with Gasteiger partial charge < -0.3 is 20.6 Å². The maximum absolute atomic E-state index is 10.5. The molecule has 0 radical (unpaired) electrons. The Morgan fingerprint density at radius 3 is 2.63 bits per heavy atom. The van der Waals surface area contributed by atoms with Crippen LogP contribution in [0.3, 0.4) is 0 Å². The van der Waals surface area contributed by atoms with Gasteiger partial charge >= 0.3 is 0 Å². The molecule has 2 saturated carbocycles. The summed E-state index contributed by atoms with van der Waals surface area (Å²) in [5, 5.41) is 42.8. The van der Waals surface area contributed by atoms with Gasteiger partial charge in [-0.05, 0) is 24.7 Å². The van der Waals surface area contributed by atoms with Gasteiger partial charge in [-0.3, -0.25) is 0 Å². The van der Waals surface area contributed by atoms with Crippen molar-refractivity contribution in [2.45, 2.75) is 48.2 Å². The predicted molar refractivity (Wildman–Crippen MR) is 112 cm³/mol. The Balaban J connectivity index is 1.46. The van der Waals surface area contributed by atoms with Crippen LogP contribution in [0.4, 0.5) is 5.82 Å². The molecule has 2 unspecified atom stereocenters. The minimum Gasteiger partial charge on any atom is -0.396 e. The summed E-state index contributed by atoms with van der Waals surface area (Å²) in [5.74, 6) is 0.661. The Morgan fingerprint density at radius 1 is 1.13 bits per heavy atom. The van der Waals surface area contributed by atoms with Crippen molar-refractivity contribution in [2.75, 3.05) is 18.2 Å². The normalized spacial score (nSPS) is 30.7. The van der Waals surface area contributed by atoms with Crippen LogP contribution in [-0.2, 0) is 0 Å². The minimum absolute atomic E-state index is 0.193. The first-order valence-corrected chi connectivity index (χ1v) is 11.3. The smallest absolute Gasteiger partial charge is 0.191 e. The minimum atomic E-state index is -1.04. The van der Waals surface area contributed by atoms with E-state index in [0.717, 1.165) is 6.42 Å². The molecule has 2 fully saturated rings. The van der Waals surface area contributed by atoms with Gasteiger partial charge in [0.1, 0.15) is 6.10 Å². The Hall–Kier alpha value is -2.27. The van der Waals surface area contributed by atoms with E-state index in [2.05, 4.69) is 37.7 Å². The molecule has 0 amide bonds. The number of aliphatic hydroxyl groups is 3. The van der Waals surface area contributed by atoms with Crippen molar-refractivity contribution in [3.63, 3.8) is 0 Å². The van der Waals surface area contributed by atoms with Crippen LogP contribution in [0.5, 0.6) is 0 Å². The van der Waals surface area contributed by atoms with E-state index in [9.17, 15) is 15.3 Å². The summed E-state index contributed by atoms with van der Waals surface area (Å²) in [6.45, 7) is -0.193. The lowest BCUT2D eigenvalue weighted by Crippen LogP contribution is -2.30. The molecule has 3 aromatic rings. The molecule has 30 heavy (non-hydrogen) atoms. The molecule has 1 aromatic carbocycles. The molecule has 6 atom stereocenters. The molecule has 0 saturated heterocycles. The van der Waals surface area contributed by atoms with E-state index in [0.29, 0.717) is 34.5 Å². The quantitative estimate of drug-likeness (QED) is 0.338. The van der Waals surface area contributed by atoms with Crippen molar-refractivity contribution < 1.29 is 15.3 Å². The van der Waals surface area contributed by atoms with Gasteiger partial charge in [0.2, 0.25) is 0 Å². The van der Waals surface area contributed by atoms with Gasteiger partial charge in [-0.2, -0.15) is 0 Å². The van der Waals surface area contributed by atoms with Crippen LogP contribution in [0.2, 0.25) is 0 Å². The van der Waals surface area contributed by atoms with Crippen molar-refractivity contribution in [2.24, 2.45) is 5.92 Å². The summed E-state index contributed by atoms with van der Waals surface area (Å²) in [7, 11) is 0. The number of rotatable bonds is 6. The van der Waals surface area contributed by atoms with Gasteiger partial charge in [0.05, 0.1) is 12.1 Å². The fourth-order valence-corrected chi connectivity index (χ4v) is 4.71. The van der Waals surface area contributed by atoms with Crippen LogP contribution < -0.4 is 5.32 Å². The first kappa shape index (κ1) is 19.7. The number of aliphatic hydroxyl groups excluding tert-OH is 3. The molecular formula is C20H24N6O3S. The molecule has 2 aromatic heterocycles. The maximum atomic E-state index is 10.5. The van der Waals surface area contributed by atoms with Crippen molar-refractivity contribution in [3.8, 4) is 0 Å². The van der Waals surface area contributed by atoms with E-state index in [1.165, 1.54) is 17.3 Å². The molecule has 2 aliphatic carbocycles. The second-order valence-corrected chi connectivity index (χ2v) is 8.77. The second kappa shape index (κ2) is 7.77. The van der Waals surface area contributed by atoms with Gasteiger partial charge in [-0.25, -0.2) is 14.6 Å². The summed E-state index contributed by atoms with van der Waals surface area (Å²) < 4.78 is 1.56. The molecule has 9 nitrogen and oxygen atoms in total. The number of hydrogen-bond donors (Lipinski definition) is 4. The number of aromatic nitrogens is 5. The van der Waals surface area contributed by atoms with E-state index in [-0.39, 0.29) is 12.6 Å². The van der Waals surface area contributed by atoms with Crippen LogP contribution in [0.1, 0.15) is 30.4 Å². The average molecular weight is 429 g/mol. The highest BCUT2D eigenvalue weighted by Gasteiger charge is 2.44. The Labute approximate surface area is 177 Å². The molecule has 5 rings (SSSR count). The molecule has 2 aliphatic rings. The van der Waals surface area contributed by atoms with Crippen molar-refractivity contribution in [1.82, 2.24) is 25.0 Å². The standard InChI is InChI=1S/C20H24N6O3S/c1-30-20-22-18(21-13-8-12(13)10-5-3-2-4-6-10)15-19(23-20)26(25-24-15)14-7-11(9-27)16(28)17(14)29/h2-6,11-14,16-17,27-29H,7-9H2,1H3,(H,21,22,23)/t11-,12?,13?,14-,16-,17+/m0/s1. The van der Waals surface area contributed by atoms with Gasteiger partial charge in [0.15, 0.2) is 22.1 Å². The van der Waals surface area contributed by atoms with E-state index in [1.807, 2.05) is 24.5 Å². The number of benzene rings is 1. The number of nitrogens with zero attached hydrogens (tertiary/aromatic N) is 5. The SMILES string of the molecule is CSc1nc(NC2CC2c2ccccc2)c2nnn([C@H]3C[C@@H](CO)[C@H](O)[C@@H]3O)c2n1. The molecule has 0 spiro atoms. The first-order chi connectivity index (χ1) is 14.6. The van der Waals surface area contributed by atoms with Gasteiger partial charge in [0, 0.05) is 24.5 Å². The summed E-state index contributed by atoms with van der Waals surface area (Å²) in [6.07, 6.45) is 1.28. The molecule has 10 heteroatoms. The fourth-order valence-electron chi connectivity index (χ4n) is 4.35. The zero-order chi connectivity index (χ0) is 20.8. The Kier molecular flexibility index (Phi) is 5.10. The van der Waals surface area contributed by atoms with Crippen LogP contribution in [0.25, 0.3) is 11.2 Å². The lowest BCUT2D eigenvalue weighted by atomic mass is 10.1. The Bertz CT molecular complexity index is 1050. The van der Waals surface area contributed by atoms with E-state index < -0.39 is 24.2 Å². The fraction of sp³-hybridized carbons (Fsp3) is 0.500. The molecule has 4 N–H and O–H groups in total. The predicted octanol–water partition coefficient (Wildman–Crippen LogP) is 1.19. The third kappa shape index (κ3) is 3.33. The lowest BCUT2D eigenvalue weighted by Gasteiger charge is -2.17. The van der Waals surface area contributed by atoms with E-state index in [1.54, 1.807) is 4.68 Å².